The van der Waals surface area contributed by atoms with Crippen molar-refractivity contribution in [2.45, 2.75) is 115 Å². The number of hydrogen-bond acceptors (Lipinski definition) is 7. The summed E-state index contributed by atoms with van der Waals surface area (Å²) in [6.45, 7) is 10.3. The summed E-state index contributed by atoms with van der Waals surface area (Å²) in [7, 11) is -1.16. The number of carbonyl (C=O) groups is 2. The molecule has 9 nitrogen and oxygen atoms in total. The Labute approximate surface area is 223 Å². The van der Waals surface area contributed by atoms with Gasteiger partial charge in [-0.05, 0) is 53.4 Å². The van der Waals surface area contributed by atoms with E-state index in [1.54, 1.807) is 0 Å². The Balaban J connectivity index is 1.48. The maximum atomic E-state index is 12.1. The van der Waals surface area contributed by atoms with E-state index >= 15 is 0 Å². The summed E-state index contributed by atoms with van der Waals surface area (Å²) in [5.74, 6) is 1.11. The molecule has 2 fully saturated rings. The zero-order valence-electron chi connectivity index (χ0n) is 22.5. The molecule has 2 heterocycles. The third-order valence-corrected chi connectivity index (χ3v) is 9.95. The Bertz CT molecular complexity index is 700. The SMILES string of the molecule is CC(C)N(C(C)C)P(OCCC#N)OCCCCCCNC(=O)CCCCC1SC[C@@H]2NC(=O)N[C@H]12. The summed E-state index contributed by atoms with van der Waals surface area (Å²) < 4.78 is 14.3. The number of nitrogens with one attached hydrogen (secondary N) is 3. The van der Waals surface area contributed by atoms with Crippen molar-refractivity contribution in [2.75, 3.05) is 25.5 Å². The van der Waals surface area contributed by atoms with Crippen LogP contribution in [0.15, 0.2) is 0 Å². The number of urea groups is 1. The van der Waals surface area contributed by atoms with Crippen molar-refractivity contribution >= 4 is 32.2 Å². The van der Waals surface area contributed by atoms with E-state index in [9.17, 15) is 9.59 Å². The second kappa shape index (κ2) is 17.4. The van der Waals surface area contributed by atoms with Gasteiger partial charge >= 0.3 is 6.03 Å². The van der Waals surface area contributed by atoms with Crippen LogP contribution in [0.5, 0.6) is 0 Å². The summed E-state index contributed by atoms with van der Waals surface area (Å²) in [6.07, 6.45) is 7.91. The van der Waals surface area contributed by atoms with E-state index in [1.807, 2.05) is 11.8 Å². The molecule has 0 aliphatic carbocycles. The number of fused-ring (bicyclic) bond motifs is 1. The summed E-state index contributed by atoms with van der Waals surface area (Å²) in [6, 6.07) is 3.21. The van der Waals surface area contributed by atoms with Gasteiger partial charge in [-0.2, -0.15) is 17.0 Å². The molecule has 2 saturated heterocycles. The number of amides is 3. The van der Waals surface area contributed by atoms with Gasteiger partial charge in [-0.25, -0.2) is 9.46 Å². The van der Waals surface area contributed by atoms with Gasteiger partial charge in [0.25, 0.3) is 8.53 Å². The summed E-state index contributed by atoms with van der Waals surface area (Å²) in [4.78, 5) is 23.6. The molecule has 3 N–H and O–H groups in total. The van der Waals surface area contributed by atoms with E-state index in [-0.39, 0.29) is 24.0 Å². The van der Waals surface area contributed by atoms with Gasteiger partial charge in [0.2, 0.25) is 5.91 Å². The number of hydrogen-bond donors (Lipinski definition) is 3. The smallest absolute Gasteiger partial charge is 0.315 e. The molecule has 0 spiro atoms. The molecule has 0 aromatic rings. The number of thioether (sulfide) groups is 1. The molecule has 11 heteroatoms. The van der Waals surface area contributed by atoms with Crippen molar-refractivity contribution in [2.24, 2.45) is 0 Å². The lowest BCUT2D eigenvalue weighted by molar-refractivity contribution is -0.121. The summed E-state index contributed by atoms with van der Waals surface area (Å²) in [5.41, 5.74) is 0. The first-order valence-electron chi connectivity index (χ1n) is 13.5. The highest BCUT2D eigenvalue weighted by Gasteiger charge is 2.42. The Morgan fingerprint density at radius 1 is 1.11 bits per heavy atom. The largest absolute Gasteiger partial charge is 0.356 e. The van der Waals surface area contributed by atoms with Crippen molar-refractivity contribution in [3.8, 4) is 6.07 Å². The van der Waals surface area contributed by atoms with Gasteiger partial charge in [-0.3, -0.25) is 4.79 Å². The van der Waals surface area contributed by atoms with Crippen LogP contribution in [0.4, 0.5) is 4.79 Å². The molecule has 2 aliphatic heterocycles. The standard InChI is InChI=1S/C25H46N5O4PS/c1-19(2)30(20(3)4)35(34-17-11-14-26)33-16-10-6-5-9-15-27-23(31)13-8-7-12-22-24-21(18-36-22)28-25(32)29-24/h19-22,24H,5-13,15-18H2,1-4H3,(H,27,31)(H2,28,29,32)/t21-,22?,24-,35?/m0/s1. The molecule has 0 aromatic heterocycles. The van der Waals surface area contributed by atoms with Crippen LogP contribution in [0.2, 0.25) is 0 Å². The highest BCUT2D eigenvalue weighted by Crippen LogP contribution is 2.46. The summed E-state index contributed by atoms with van der Waals surface area (Å²) in [5, 5.41) is 18.3. The van der Waals surface area contributed by atoms with E-state index in [0.29, 0.717) is 43.4 Å². The number of nitriles is 1. The van der Waals surface area contributed by atoms with E-state index in [4.69, 9.17) is 14.3 Å². The Hall–Kier alpha value is -1.11. The monoisotopic (exact) mass is 543 g/mol. The fourth-order valence-electron chi connectivity index (χ4n) is 4.63. The van der Waals surface area contributed by atoms with E-state index in [0.717, 1.165) is 57.2 Å². The number of unbranched alkanes of at least 4 members (excludes halogenated alkanes) is 4. The molecule has 0 aromatic carbocycles. The Morgan fingerprint density at radius 3 is 2.56 bits per heavy atom. The number of carbonyl (C=O) groups excluding carboxylic acids is 2. The van der Waals surface area contributed by atoms with Gasteiger partial charge in [-0.15, -0.1) is 0 Å². The fraction of sp³-hybridized carbons (Fsp3) is 0.880. The lowest BCUT2D eigenvalue weighted by Crippen LogP contribution is -2.36. The molecule has 0 radical (unpaired) electrons. The zero-order valence-corrected chi connectivity index (χ0v) is 24.2. The topological polar surface area (TPSA) is 116 Å². The van der Waals surface area contributed by atoms with Crippen LogP contribution < -0.4 is 16.0 Å². The van der Waals surface area contributed by atoms with Gasteiger partial charge in [-0.1, -0.05) is 19.3 Å². The molecule has 3 amide bonds. The fourth-order valence-corrected chi connectivity index (χ4v) is 7.80. The van der Waals surface area contributed by atoms with E-state index in [1.165, 1.54) is 0 Å². The minimum absolute atomic E-state index is 0.0443. The molecule has 206 valence electrons. The van der Waals surface area contributed by atoms with Gasteiger partial charge in [0.1, 0.15) is 0 Å². The highest BCUT2D eigenvalue weighted by molar-refractivity contribution is 8.00. The predicted octanol–water partition coefficient (Wildman–Crippen LogP) is 4.68. The van der Waals surface area contributed by atoms with Gasteiger partial charge < -0.3 is 25.0 Å². The third kappa shape index (κ3) is 11.1. The average molecular weight is 544 g/mol. The quantitative estimate of drug-likeness (QED) is 0.123. The normalized spacial score (nSPS) is 21.9. The summed E-state index contributed by atoms with van der Waals surface area (Å²) >= 11 is 1.92. The van der Waals surface area contributed by atoms with Crippen molar-refractivity contribution in [1.29, 1.82) is 5.26 Å². The molecular weight excluding hydrogens is 497 g/mol. The second-order valence-corrected chi connectivity index (χ2v) is 12.7. The third-order valence-electron chi connectivity index (χ3n) is 6.34. The molecular formula is C25H46N5O4PS. The maximum absolute atomic E-state index is 12.1. The van der Waals surface area contributed by atoms with E-state index < -0.39 is 8.53 Å². The molecule has 36 heavy (non-hydrogen) atoms. The van der Waals surface area contributed by atoms with Gasteiger partial charge in [0.15, 0.2) is 0 Å². The first kappa shape index (κ1) is 31.1. The van der Waals surface area contributed by atoms with Crippen LogP contribution in [0, 0.1) is 11.3 Å². The van der Waals surface area contributed by atoms with Crippen molar-refractivity contribution in [1.82, 2.24) is 20.6 Å². The van der Waals surface area contributed by atoms with Gasteiger partial charge in [0.05, 0.1) is 37.8 Å². The average Bonchev–Trinajstić information content (AvgIpc) is 3.37. The van der Waals surface area contributed by atoms with Crippen LogP contribution in [-0.2, 0) is 13.8 Å². The van der Waals surface area contributed by atoms with Gasteiger partial charge in [0, 0.05) is 36.1 Å². The van der Waals surface area contributed by atoms with Crippen LogP contribution in [0.25, 0.3) is 0 Å². The van der Waals surface area contributed by atoms with Crippen molar-refractivity contribution < 1.29 is 18.6 Å². The minimum Gasteiger partial charge on any atom is -0.356 e. The number of rotatable bonds is 19. The second-order valence-electron chi connectivity index (χ2n) is 10.0. The Morgan fingerprint density at radius 2 is 1.83 bits per heavy atom. The molecule has 2 unspecified atom stereocenters. The molecule has 2 rings (SSSR count). The highest BCUT2D eigenvalue weighted by atomic mass is 32.2. The van der Waals surface area contributed by atoms with Crippen LogP contribution >= 0.6 is 20.3 Å². The Kier molecular flexibility index (Phi) is 15.0. The lowest BCUT2D eigenvalue weighted by atomic mass is 10.0. The zero-order chi connectivity index (χ0) is 26.3. The first-order chi connectivity index (χ1) is 17.3. The molecule has 2 aliphatic rings. The first-order valence-corrected chi connectivity index (χ1v) is 15.7. The molecule has 0 bridgehead atoms. The molecule has 0 saturated carbocycles. The predicted molar refractivity (Wildman–Crippen MR) is 147 cm³/mol. The number of nitrogens with zero attached hydrogens (tertiary/aromatic N) is 2. The van der Waals surface area contributed by atoms with Crippen LogP contribution in [-0.4, -0.2) is 71.5 Å². The van der Waals surface area contributed by atoms with Crippen molar-refractivity contribution in [3.63, 3.8) is 0 Å². The maximum Gasteiger partial charge on any atom is 0.315 e. The lowest BCUT2D eigenvalue weighted by Gasteiger charge is -2.35. The van der Waals surface area contributed by atoms with E-state index in [2.05, 4.69) is 54.4 Å². The van der Waals surface area contributed by atoms with Crippen LogP contribution in [0.3, 0.4) is 0 Å². The minimum atomic E-state index is -1.16. The molecule has 4 atom stereocenters. The van der Waals surface area contributed by atoms with Crippen molar-refractivity contribution in [3.05, 3.63) is 0 Å². The van der Waals surface area contributed by atoms with Crippen LogP contribution in [0.1, 0.15) is 85.5 Å².